The maximum absolute atomic E-state index is 12.6. The molecule has 0 aromatic carbocycles. The lowest BCUT2D eigenvalue weighted by atomic mass is 10.0. The minimum Gasteiger partial charge on any atom is -0.461 e. The lowest BCUT2D eigenvalue weighted by Gasteiger charge is -2.49. The lowest BCUT2D eigenvalue weighted by molar-refractivity contribution is -0.159. The van der Waals surface area contributed by atoms with E-state index >= 15 is 0 Å². The molecule has 0 aromatic heterocycles. The van der Waals surface area contributed by atoms with Gasteiger partial charge in [0.1, 0.15) is 23.9 Å². The van der Waals surface area contributed by atoms with Crippen LogP contribution in [0.4, 0.5) is 0 Å². The zero-order valence-electron chi connectivity index (χ0n) is 14.8. The van der Waals surface area contributed by atoms with Gasteiger partial charge in [-0.1, -0.05) is 0 Å². The Kier molecular flexibility index (Phi) is 5.13. The summed E-state index contributed by atoms with van der Waals surface area (Å²) in [5.74, 6) is -2.93. The quantitative estimate of drug-likeness (QED) is 0.354. The van der Waals surface area contributed by atoms with Crippen molar-refractivity contribution in [2.45, 2.75) is 44.7 Å². The van der Waals surface area contributed by atoms with Crippen molar-refractivity contribution >= 4 is 34.1 Å². The standard InChI is InChI=1S/C15H20N2O8S/c1-8(19)24-5-9-6-26(22,23)13-10(16-7-18)12(20)17(13)11(9)14(21)25-15(2,3)4/h7,10,13H,5-6H2,1-4H3,(H,16,18)/t10-,13?/m1/s1. The van der Waals surface area contributed by atoms with Crippen LogP contribution in [-0.4, -0.2) is 67.0 Å². The van der Waals surface area contributed by atoms with Crippen molar-refractivity contribution in [3.05, 3.63) is 11.3 Å². The second kappa shape index (κ2) is 6.71. The maximum Gasteiger partial charge on any atom is 0.355 e. The Morgan fingerprint density at radius 1 is 1.35 bits per heavy atom. The monoisotopic (exact) mass is 388 g/mol. The number of amides is 2. The first-order valence-corrected chi connectivity index (χ1v) is 9.43. The van der Waals surface area contributed by atoms with Gasteiger partial charge < -0.3 is 14.8 Å². The van der Waals surface area contributed by atoms with E-state index in [9.17, 15) is 27.6 Å². The second-order valence-electron chi connectivity index (χ2n) is 6.90. The van der Waals surface area contributed by atoms with Gasteiger partial charge in [0.25, 0.3) is 5.91 Å². The molecule has 1 saturated heterocycles. The van der Waals surface area contributed by atoms with Gasteiger partial charge in [-0.15, -0.1) is 0 Å². The third-order valence-electron chi connectivity index (χ3n) is 3.65. The fourth-order valence-electron chi connectivity index (χ4n) is 2.73. The van der Waals surface area contributed by atoms with Crippen molar-refractivity contribution in [1.29, 1.82) is 0 Å². The number of carbonyl (C=O) groups excluding carboxylic acids is 4. The summed E-state index contributed by atoms with van der Waals surface area (Å²) in [6.07, 6.45) is 0.223. The van der Waals surface area contributed by atoms with Gasteiger partial charge in [-0.05, 0) is 20.8 Å². The third kappa shape index (κ3) is 3.71. The number of hydrogen-bond donors (Lipinski definition) is 1. The Morgan fingerprint density at radius 3 is 2.46 bits per heavy atom. The number of β-lactam (4-membered cyclic amide) rings is 1. The van der Waals surface area contributed by atoms with Crippen LogP contribution in [0.5, 0.6) is 0 Å². The average molecular weight is 388 g/mol. The molecule has 144 valence electrons. The summed E-state index contributed by atoms with van der Waals surface area (Å²) in [5.41, 5.74) is -1.21. The molecule has 26 heavy (non-hydrogen) atoms. The summed E-state index contributed by atoms with van der Waals surface area (Å²) in [4.78, 5) is 47.4. The van der Waals surface area contributed by atoms with Crippen molar-refractivity contribution in [2.24, 2.45) is 0 Å². The van der Waals surface area contributed by atoms with E-state index in [1.807, 2.05) is 0 Å². The van der Waals surface area contributed by atoms with Crippen LogP contribution in [0.1, 0.15) is 27.7 Å². The first kappa shape index (κ1) is 19.9. The molecule has 0 aromatic rings. The molecule has 2 aliphatic rings. The summed E-state index contributed by atoms with van der Waals surface area (Å²) in [7, 11) is -3.91. The molecule has 2 amide bonds. The minimum atomic E-state index is -3.91. The Morgan fingerprint density at radius 2 is 1.96 bits per heavy atom. The number of esters is 2. The molecule has 10 nitrogen and oxygen atoms in total. The topological polar surface area (TPSA) is 136 Å². The van der Waals surface area contributed by atoms with E-state index in [0.717, 1.165) is 11.8 Å². The zero-order chi connectivity index (χ0) is 19.9. The Hall–Kier alpha value is -2.43. The zero-order valence-corrected chi connectivity index (χ0v) is 15.6. The van der Waals surface area contributed by atoms with Crippen molar-refractivity contribution in [1.82, 2.24) is 10.2 Å². The molecular weight excluding hydrogens is 368 g/mol. The molecule has 0 spiro atoms. The number of nitrogens with zero attached hydrogens (tertiary/aromatic N) is 1. The van der Waals surface area contributed by atoms with Gasteiger partial charge in [-0.2, -0.15) is 0 Å². The number of fused-ring (bicyclic) bond motifs is 1. The summed E-state index contributed by atoms with van der Waals surface area (Å²) < 4.78 is 35.1. The molecule has 0 radical (unpaired) electrons. The molecule has 2 rings (SSSR count). The van der Waals surface area contributed by atoms with E-state index in [-0.39, 0.29) is 17.7 Å². The van der Waals surface area contributed by atoms with E-state index in [4.69, 9.17) is 9.47 Å². The molecule has 2 aliphatic heterocycles. The lowest BCUT2D eigenvalue weighted by Crippen LogP contribution is -2.74. The first-order chi connectivity index (χ1) is 11.9. The number of ether oxygens (including phenoxy) is 2. The van der Waals surface area contributed by atoms with E-state index in [0.29, 0.717) is 0 Å². The van der Waals surface area contributed by atoms with E-state index < -0.39 is 57.1 Å². The van der Waals surface area contributed by atoms with Gasteiger partial charge in [0, 0.05) is 12.5 Å². The highest BCUT2D eigenvalue weighted by Gasteiger charge is 2.60. The SMILES string of the molecule is CC(=O)OCC1=C(C(=O)OC(C)(C)C)N2C(=O)[C@@H](NC=O)C2S(=O)(=O)C1. The normalized spacial score (nSPS) is 24.3. The smallest absolute Gasteiger partial charge is 0.355 e. The molecule has 1 N–H and O–H groups in total. The van der Waals surface area contributed by atoms with E-state index in [1.54, 1.807) is 20.8 Å². The molecule has 0 saturated carbocycles. The highest BCUT2D eigenvalue weighted by molar-refractivity contribution is 7.92. The Balaban J connectivity index is 2.50. The predicted octanol–water partition coefficient (Wildman–Crippen LogP) is -1.14. The number of nitrogens with one attached hydrogen (secondary N) is 1. The van der Waals surface area contributed by atoms with Gasteiger partial charge >= 0.3 is 11.9 Å². The van der Waals surface area contributed by atoms with Crippen LogP contribution < -0.4 is 5.32 Å². The van der Waals surface area contributed by atoms with Crippen LogP contribution in [-0.2, 0) is 38.5 Å². The Labute approximate surface area is 150 Å². The molecule has 2 atom stereocenters. The fraction of sp³-hybridized carbons (Fsp3) is 0.600. The number of rotatable bonds is 5. The number of carbonyl (C=O) groups is 4. The van der Waals surface area contributed by atoms with E-state index in [1.165, 1.54) is 0 Å². The van der Waals surface area contributed by atoms with Crippen molar-refractivity contribution in [3.63, 3.8) is 0 Å². The predicted molar refractivity (Wildman–Crippen MR) is 86.9 cm³/mol. The minimum absolute atomic E-state index is 0.0522. The molecule has 1 unspecified atom stereocenters. The molecule has 2 heterocycles. The van der Waals surface area contributed by atoms with Gasteiger partial charge in [0.05, 0.1) is 5.75 Å². The van der Waals surface area contributed by atoms with Crippen molar-refractivity contribution in [3.8, 4) is 0 Å². The molecule has 1 fully saturated rings. The first-order valence-electron chi connectivity index (χ1n) is 7.72. The van der Waals surface area contributed by atoms with Crippen molar-refractivity contribution < 1.29 is 37.1 Å². The second-order valence-corrected chi connectivity index (χ2v) is 9.00. The highest BCUT2D eigenvalue weighted by atomic mass is 32.2. The summed E-state index contributed by atoms with van der Waals surface area (Å²) >= 11 is 0. The molecule has 0 bridgehead atoms. The molecular formula is C15H20N2O8S. The van der Waals surface area contributed by atoms with Crippen LogP contribution >= 0.6 is 0 Å². The van der Waals surface area contributed by atoms with Crippen LogP contribution in [0.2, 0.25) is 0 Å². The summed E-state index contributed by atoms with van der Waals surface area (Å²) in [6.45, 7) is 5.51. The summed E-state index contributed by atoms with van der Waals surface area (Å²) in [5, 5.41) is 0.749. The molecule has 0 aliphatic carbocycles. The van der Waals surface area contributed by atoms with Crippen LogP contribution in [0.25, 0.3) is 0 Å². The third-order valence-corrected chi connectivity index (χ3v) is 5.62. The highest BCUT2D eigenvalue weighted by Crippen LogP contribution is 2.37. The largest absolute Gasteiger partial charge is 0.461 e. The van der Waals surface area contributed by atoms with Crippen LogP contribution in [0, 0.1) is 0 Å². The van der Waals surface area contributed by atoms with E-state index in [2.05, 4.69) is 5.32 Å². The van der Waals surface area contributed by atoms with Gasteiger partial charge in [-0.25, -0.2) is 13.2 Å². The average Bonchev–Trinajstić information content (AvgIpc) is 2.47. The molecule has 11 heteroatoms. The number of sulfone groups is 1. The maximum atomic E-state index is 12.6. The fourth-order valence-corrected chi connectivity index (χ4v) is 4.75. The number of hydrogen-bond acceptors (Lipinski definition) is 8. The van der Waals surface area contributed by atoms with Gasteiger partial charge in [0.15, 0.2) is 15.2 Å². The summed E-state index contributed by atoms with van der Waals surface area (Å²) in [6, 6.07) is -1.27. The Bertz CT molecular complexity index is 793. The van der Waals surface area contributed by atoms with Crippen LogP contribution in [0.3, 0.4) is 0 Å². The van der Waals surface area contributed by atoms with Crippen molar-refractivity contribution in [2.75, 3.05) is 12.4 Å². The van der Waals surface area contributed by atoms with Gasteiger partial charge in [-0.3, -0.25) is 19.3 Å². The van der Waals surface area contributed by atoms with Gasteiger partial charge in [0.2, 0.25) is 6.41 Å². The van der Waals surface area contributed by atoms with Crippen LogP contribution in [0.15, 0.2) is 11.3 Å².